The molecule has 6 rings (SSSR count). The van der Waals surface area contributed by atoms with E-state index in [0.29, 0.717) is 29.7 Å². The molecular formula is C32H36N10O2. The van der Waals surface area contributed by atoms with Crippen LogP contribution >= 0.6 is 0 Å². The summed E-state index contributed by atoms with van der Waals surface area (Å²) >= 11 is 0. The Hall–Kier alpha value is -5.02. The molecule has 0 spiro atoms. The van der Waals surface area contributed by atoms with Crippen LogP contribution in [0.4, 0.5) is 22.4 Å². The third kappa shape index (κ3) is 6.63. The molecule has 0 atom stereocenters. The van der Waals surface area contributed by atoms with Gasteiger partial charge in [-0.15, -0.1) is 0 Å². The lowest BCUT2D eigenvalue weighted by Crippen LogP contribution is -2.49. The fourth-order valence-electron chi connectivity index (χ4n) is 5.60. The summed E-state index contributed by atoms with van der Waals surface area (Å²) < 4.78 is 1.75. The Balaban J connectivity index is 1.14. The Bertz CT molecular complexity index is 1620. The second kappa shape index (κ2) is 12.7. The second-order valence-corrected chi connectivity index (χ2v) is 11.6. The summed E-state index contributed by atoms with van der Waals surface area (Å²) in [5.74, 6) is 1.48. The number of benzene rings is 1. The lowest BCUT2D eigenvalue weighted by Gasteiger charge is -2.36. The van der Waals surface area contributed by atoms with Crippen LogP contribution in [0.15, 0.2) is 67.3 Å². The van der Waals surface area contributed by atoms with Gasteiger partial charge in [-0.2, -0.15) is 15.3 Å². The van der Waals surface area contributed by atoms with Crippen LogP contribution in [0.25, 0.3) is 11.1 Å². The van der Waals surface area contributed by atoms with E-state index in [1.807, 2.05) is 55.7 Å². The van der Waals surface area contributed by atoms with Crippen molar-refractivity contribution < 1.29 is 9.90 Å². The number of carbonyl (C=O) groups is 1. The van der Waals surface area contributed by atoms with Gasteiger partial charge in [0.2, 0.25) is 5.95 Å². The number of nitrogens with zero attached hydrogens (tertiary/aromatic N) is 7. The van der Waals surface area contributed by atoms with E-state index in [1.165, 1.54) is 6.20 Å². The molecule has 2 aliphatic rings. The van der Waals surface area contributed by atoms with Gasteiger partial charge in [0.05, 0.1) is 24.5 Å². The van der Waals surface area contributed by atoms with Gasteiger partial charge >= 0.3 is 6.03 Å². The quantitative estimate of drug-likeness (QED) is 0.212. The van der Waals surface area contributed by atoms with Gasteiger partial charge in [-0.05, 0) is 56.2 Å². The van der Waals surface area contributed by atoms with E-state index in [4.69, 9.17) is 4.98 Å². The number of amides is 2. The number of urea groups is 1. The van der Waals surface area contributed by atoms with Gasteiger partial charge in [-0.1, -0.05) is 30.3 Å². The molecule has 3 aromatic heterocycles. The topological polar surface area (TPSA) is 157 Å². The van der Waals surface area contributed by atoms with Crippen LogP contribution in [0.2, 0.25) is 0 Å². The predicted molar refractivity (Wildman–Crippen MR) is 167 cm³/mol. The highest BCUT2D eigenvalue weighted by atomic mass is 16.3. The van der Waals surface area contributed by atoms with Crippen molar-refractivity contribution in [3.63, 3.8) is 0 Å². The molecule has 4 aromatic rings. The van der Waals surface area contributed by atoms with E-state index in [9.17, 15) is 15.2 Å². The molecular weight excluding hydrogens is 556 g/mol. The van der Waals surface area contributed by atoms with Crippen molar-refractivity contribution in [2.24, 2.45) is 7.05 Å². The molecule has 4 N–H and O–H groups in total. The summed E-state index contributed by atoms with van der Waals surface area (Å²) in [6.07, 6.45) is 11.8. The van der Waals surface area contributed by atoms with E-state index >= 15 is 0 Å². The fourth-order valence-corrected chi connectivity index (χ4v) is 5.60. The van der Waals surface area contributed by atoms with Crippen molar-refractivity contribution in [2.45, 2.75) is 62.7 Å². The molecule has 12 nitrogen and oxygen atoms in total. The minimum Gasteiger partial charge on any atom is -0.394 e. The standard InChI is InChI=1S/C32H36N10O2/c1-41-20-25(19-37-41)23-7-12-28(34-17-23)42(31(44)36-16-22-5-3-2-4-6-22)27-10-8-26(9-11-27)38-30-35-18-24(15-33)29(39-30)40-32(21-43)13-14-32/h2-7,12,17-20,26-27,43H,8-11,13-14,16,21H2,1H3,(H,36,44)(H2,35,38,39,40)/t26-,27+. The number of nitriles is 1. The summed E-state index contributed by atoms with van der Waals surface area (Å²) in [4.78, 5) is 29.1. The largest absolute Gasteiger partial charge is 0.394 e. The van der Waals surface area contributed by atoms with Crippen LogP contribution in [0.1, 0.15) is 49.7 Å². The van der Waals surface area contributed by atoms with Crippen LogP contribution in [0.5, 0.6) is 0 Å². The van der Waals surface area contributed by atoms with Crippen molar-refractivity contribution in [2.75, 3.05) is 22.1 Å². The molecule has 2 aliphatic carbocycles. The molecule has 1 aromatic carbocycles. The minimum atomic E-state index is -0.399. The Morgan fingerprint density at radius 3 is 2.50 bits per heavy atom. The van der Waals surface area contributed by atoms with Crippen LogP contribution in [-0.4, -0.2) is 60.1 Å². The highest BCUT2D eigenvalue weighted by Crippen LogP contribution is 2.38. The fraction of sp³-hybridized carbons (Fsp3) is 0.375. The van der Waals surface area contributed by atoms with Crippen molar-refractivity contribution in [3.05, 3.63) is 78.4 Å². The van der Waals surface area contributed by atoms with E-state index in [2.05, 4.69) is 37.1 Å². The van der Waals surface area contributed by atoms with Gasteiger partial charge in [0, 0.05) is 49.2 Å². The van der Waals surface area contributed by atoms with Crippen molar-refractivity contribution in [1.29, 1.82) is 5.26 Å². The van der Waals surface area contributed by atoms with Crippen LogP contribution in [-0.2, 0) is 13.6 Å². The predicted octanol–water partition coefficient (Wildman–Crippen LogP) is 4.22. The second-order valence-electron chi connectivity index (χ2n) is 11.6. The van der Waals surface area contributed by atoms with Crippen molar-refractivity contribution >= 4 is 23.6 Å². The lowest BCUT2D eigenvalue weighted by atomic mass is 9.90. The maximum atomic E-state index is 13.7. The third-order valence-electron chi connectivity index (χ3n) is 8.38. The summed E-state index contributed by atoms with van der Waals surface area (Å²) in [5.41, 5.74) is 2.87. The average molecular weight is 593 g/mol. The number of aromatic nitrogens is 5. The SMILES string of the molecule is Cn1cc(-c2ccc(N(C(=O)NCc3ccccc3)[C@H]3CC[C@@H](Nc4ncc(C#N)c(NC5(CO)CC5)n4)CC3)nc2)cn1. The number of aryl methyl sites for hydroxylation is 1. The zero-order chi connectivity index (χ0) is 30.5. The molecule has 226 valence electrons. The Labute approximate surface area is 256 Å². The molecule has 0 aliphatic heterocycles. The summed E-state index contributed by atoms with van der Waals surface area (Å²) in [5, 5.41) is 33.2. The number of rotatable bonds is 10. The van der Waals surface area contributed by atoms with Crippen LogP contribution in [0, 0.1) is 11.3 Å². The summed E-state index contributed by atoms with van der Waals surface area (Å²) in [6, 6.07) is 15.7. The highest BCUT2D eigenvalue weighted by molar-refractivity contribution is 5.91. The molecule has 2 amide bonds. The molecule has 0 saturated heterocycles. The first-order valence-electron chi connectivity index (χ1n) is 14.9. The Morgan fingerprint density at radius 2 is 1.86 bits per heavy atom. The van der Waals surface area contributed by atoms with Crippen molar-refractivity contribution in [3.8, 4) is 17.2 Å². The highest BCUT2D eigenvalue weighted by Gasteiger charge is 2.43. The number of anilines is 3. The maximum absolute atomic E-state index is 13.7. The molecule has 44 heavy (non-hydrogen) atoms. The molecule has 0 unspecified atom stereocenters. The Kier molecular flexibility index (Phi) is 8.38. The average Bonchev–Trinajstić information content (AvgIpc) is 3.70. The van der Waals surface area contributed by atoms with Gasteiger partial charge in [0.15, 0.2) is 0 Å². The van der Waals surface area contributed by atoms with Gasteiger partial charge in [-0.25, -0.2) is 14.8 Å². The normalized spacial score (nSPS) is 18.6. The number of pyridine rings is 1. The van der Waals surface area contributed by atoms with Crippen LogP contribution in [0.3, 0.4) is 0 Å². The van der Waals surface area contributed by atoms with E-state index in [-0.39, 0.29) is 24.7 Å². The first kappa shape index (κ1) is 29.1. The lowest BCUT2D eigenvalue weighted by molar-refractivity contribution is 0.240. The number of aliphatic hydroxyl groups excluding tert-OH is 1. The zero-order valence-electron chi connectivity index (χ0n) is 24.6. The smallest absolute Gasteiger partial charge is 0.323 e. The van der Waals surface area contributed by atoms with Crippen LogP contribution < -0.4 is 20.9 Å². The minimum absolute atomic E-state index is 0.00881. The molecule has 3 heterocycles. The van der Waals surface area contributed by atoms with Gasteiger partial charge in [0.25, 0.3) is 0 Å². The summed E-state index contributed by atoms with van der Waals surface area (Å²) in [6.45, 7) is 0.413. The molecule has 0 bridgehead atoms. The molecule has 2 fully saturated rings. The monoisotopic (exact) mass is 592 g/mol. The number of carbonyl (C=O) groups excluding carboxylic acids is 1. The molecule has 12 heteroatoms. The molecule has 2 saturated carbocycles. The van der Waals surface area contributed by atoms with E-state index in [0.717, 1.165) is 55.2 Å². The maximum Gasteiger partial charge on any atom is 0.323 e. The van der Waals surface area contributed by atoms with E-state index in [1.54, 1.807) is 22.0 Å². The summed E-state index contributed by atoms with van der Waals surface area (Å²) in [7, 11) is 1.87. The van der Waals surface area contributed by atoms with Gasteiger partial charge in [0.1, 0.15) is 23.3 Å². The van der Waals surface area contributed by atoms with Gasteiger partial charge in [-0.3, -0.25) is 9.58 Å². The number of hydrogen-bond acceptors (Lipinski definition) is 9. The van der Waals surface area contributed by atoms with E-state index < -0.39 is 5.54 Å². The number of nitrogens with one attached hydrogen (secondary N) is 3. The number of aliphatic hydroxyl groups is 1. The van der Waals surface area contributed by atoms with Crippen molar-refractivity contribution in [1.82, 2.24) is 30.0 Å². The first-order chi connectivity index (χ1) is 21.4. The van der Waals surface area contributed by atoms with Gasteiger partial charge < -0.3 is 21.1 Å². The molecule has 0 radical (unpaired) electrons. The third-order valence-corrected chi connectivity index (χ3v) is 8.38. The first-order valence-corrected chi connectivity index (χ1v) is 14.9. The Morgan fingerprint density at radius 1 is 1.07 bits per heavy atom. The number of hydrogen-bond donors (Lipinski definition) is 4. The zero-order valence-corrected chi connectivity index (χ0v) is 24.6.